The third kappa shape index (κ3) is 6.02. The molecule has 2 aromatic heterocycles. The van der Waals surface area contributed by atoms with E-state index in [4.69, 9.17) is 9.84 Å². The molecule has 31 heavy (non-hydrogen) atoms. The minimum absolute atomic E-state index is 0.000413. The van der Waals surface area contributed by atoms with Crippen LogP contribution in [0.1, 0.15) is 55.0 Å². The van der Waals surface area contributed by atoms with E-state index in [1.807, 2.05) is 43.7 Å². The molecule has 0 saturated carbocycles. The summed E-state index contributed by atoms with van der Waals surface area (Å²) in [4.78, 5) is 30.1. The number of ether oxygens (including phenoxy) is 1. The van der Waals surface area contributed by atoms with Gasteiger partial charge in [0, 0.05) is 31.4 Å². The predicted molar refractivity (Wildman–Crippen MR) is 127 cm³/mol. The van der Waals surface area contributed by atoms with Gasteiger partial charge in [-0.3, -0.25) is 9.59 Å². The molecule has 0 saturated heterocycles. The van der Waals surface area contributed by atoms with Gasteiger partial charge in [-0.05, 0) is 40.8 Å². The first-order chi connectivity index (χ1) is 14.7. The molecular weight excluding hydrogens is 430 g/mol. The lowest BCUT2D eigenvalue weighted by atomic mass is 9.91. The number of carbonyl (C=O) groups is 2. The molecule has 1 aliphatic heterocycles. The third-order valence-electron chi connectivity index (χ3n) is 5.10. The Hall–Kier alpha value is -2.03. The summed E-state index contributed by atoms with van der Waals surface area (Å²) in [5.41, 5.74) is 1.93. The molecule has 0 radical (unpaired) electrons. The number of nitrogens with zero attached hydrogens (tertiary/aromatic N) is 3. The summed E-state index contributed by atoms with van der Waals surface area (Å²) in [6.45, 7) is 8.91. The molecule has 2 amide bonds. The monoisotopic (exact) mass is 461 g/mol. The molecule has 0 aliphatic carbocycles. The van der Waals surface area contributed by atoms with E-state index in [1.165, 1.54) is 0 Å². The number of aryl methyl sites for hydroxylation is 1. The Morgan fingerprint density at radius 2 is 2.03 bits per heavy atom. The van der Waals surface area contributed by atoms with Crippen LogP contribution in [0.25, 0.3) is 0 Å². The maximum atomic E-state index is 13.4. The predicted octanol–water partition coefficient (Wildman–Crippen LogP) is 4.71. The normalized spacial score (nSPS) is 16.5. The summed E-state index contributed by atoms with van der Waals surface area (Å²) >= 11 is 3.28. The molecular formula is C23H31N3O3S2. The average Bonchev–Trinajstić information content (AvgIpc) is 3.42. The van der Waals surface area contributed by atoms with Crippen LogP contribution < -0.4 is 0 Å². The fraction of sp³-hybridized carbons (Fsp3) is 0.522. The first-order valence-electron chi connectivity index (χ1n) is 10.4. The molecule has 1 aliphatic rings. The zero-order chi connectivity index (χ0) is 22.6. The summed E-state index contributed by atoms with van der Waals surface area (Å²) in [6, 6.07) is 5.97. The second-order valence-corrected chi connectivity index (χ2v) is 10.9. The summed E-state index contributed by atoms with van der Waals surface area (Å²) in [6.07, 6.45) is 1.06. The molecule has 168 valence electrons. The standard InChI is InChI=1S/C23H31N3O3S2/c1-16-8-12-31-22(16)18-13-17(19-7-6-11-30-19)24-26(18)21(28)15-25(9-10-29-5)20(27)14-23(2,3)4/h6-8,11-12,18H,9-10,13-15H2,1-5H3/t18-/m1/s1. The Labute approximate surface area is 192 Å². The van der Waals surface area contributed by atoms with E-state index in [0.29, 0.717) is 26.0 Å². The van der Waals surface area contributed by atoms with Crippen molar-refractivity contribution < 1.29 is 14.3 Å². The first-order valence-corrected chi connectivity index (χ1v) is 12.2. The molecule has 0 spiro atoms. The van der Waals surface area contributed by atoms with Gasteiger partial charge in [-0.1, -0.05) is 26.8 Å². The van der Waals surface area contributed by atoms with Gasteiger partial charge in [0.1, 0.15) is 6.54 Å². The highest BCUT2D eigenvalue weighted by Gasteiger charge is 2.36. The fourth-order valence-corrected chi connectivity index (χ4v) is 5.29. The van der Waals surface area contributed by atoms with Gasteiger partial charge in [0.15, 0.2) is 0 Å². The van der Waals surface area contributed by atoms with Crippen molar-refractivity contribution in [3.8, 4) is 0 Å². The van der Waals surface area contributed by atoms with Gasteiger partial charge in [0.05, 0.1) is 23.2 Å². The van der Waals surface area contributed by atoms with Gasteiger partial charge >= 0.3 is 0 Å². The van der Waals surface area contributed by atoms with Gasteiger partial charge < -0.3 is 9.64 Å². The van der Waals surface area contributed by atoms with Gasteiger partial charge in [0.2, 0.25) is 5.91 Å². The van der Waals surface area contributed by atoms with Crippen LogP contribution in [0.3, 0.4) is 0 Å². The zero-order valence-corrected chi connectivity index (χ0v) is 20.5. The van der Waals surface area contributed by atoms with E-state index in [9.17, 15) is 9.59 Å². The molecule has 0 N–H and O–H groups in total. The molecule has 2 aromatic rings. The number of hydrazone groups is 1. The van der Waals surface area contributed by atoms with E-state index in [1.54, 1.807) is 39.7 Å². The minimum atomic E-state index is -0.164. The largest absolute Gasteiger partial charge is 0.383 e. The SMILES string of the molecule is COCCN(CC(=O)N1N=C(c2cccs2)C[C@@H]1c1sccc1C)C(=O)CC(C)(C)C. The molecule has 6 nitrogen and oxygen atoms in total. The Bertz CT molecular complexity index is 928. The van der Waals surface area contributed by atoms with Crippen LogP contribution in [0.4, 0.5) is 0 Å². The Morgan fingerprint density at radius 1 is 1.26 bits per heavy atom. The van der Waals surface area contributed by atoms with Crippen molar-refractivity contribution in [2.45, 2.75) is 46.6 Å². The summed E-state index contributed by atoms with van der Waals surface area (Å²) < 4.78 is 5.18. The summed E-state index contributed by atoms with van der Waals surface area (Å²) in [7, 11) is 1.60. The lowest BCUT2D eigenvalue weighted by Crippen LogP contribution is -2.43. The highest BCUT2D eigenvalue weighted by atomic mass is 32.1. The van der Waals surface area contributed by atoms with Crippen LogP contribution >= 0.6 is 22.7 Å². The van der Waals surface area contributed by atoms with Crippen LogP contribution in [0.2, 0.25) is 0 Å². The molecule has 3 heterocycles. The Morgan fingerprint density at radius 3 is 2.61 bits per heavy atom. The van der Waals surface area contributed by atoms with E-state index in [0.717, 1.165) is 21.0 Å². The maximum Gasteiger partial charge on any atom is 0.262 e. The van der Waals surface area contributed by atoms with Crippen molar-refractivity contribution in [2.75, 3.05) is 26.8 Å². The van der Waals surface area contributed by atoms with Gasteiger partial charge in [0.25, 0.3) is 5.91 Å². The molecule has 3 rings (SSSR count). The Balaban J connectivity index is 1.83. The molecule has 0 aromatic carbocycles. The molecule has 1 atom stereocenters. The second-order valence-electron chi connectivity index (χ2n) is 9.00. The lowest BCUT2D eigenvalue weighted by molar-refractivity contribution is -0.143. The number of hydrogen-bond donors (Lipinski definition) is 0. The molecule has 0 fully saturated rings. The van der Waals surface area contributed by atoms with Crippen LogP contribution in [-0.2, 0) is 14.3 Å². The number of methoxy groups -OCH3 is 1. The number of amides is 2. The number of carbonyl (C=O) groups excluding carboxylic acids is 2. The van der Waals surface area contributed by atoms with E-state index in [-0.39, 0.29) is 29.8 Å². The van der Waals surface area contributed by atoms with Gasteiger partial charge in [-0.15, -0.1) is 22.7 Å². The topological polar surface area (TPSA) is 62.2 Å². The van der Waals surface area contributed by atoms with Gasteiger partial charge in [-0.25, -0.2) is 5.01 Å². The quantitative estimate of drug-likeness (QED) is 0.572. The van der Waals surface area contributed by atoms with Crippen molar-refractivity contribution in [3.05, 3.63) is 44.3 Å². The fourth-order valence-electron chi connectivity index (χ4n) is 3.56. The summed E-state index contributed by atoms with van der Waals surface area (Å²) in [5.74, 6) is -0.203. The maximum absolute atomic E-state index is 13.4. The molecule has 0 bridgehead atoms. The smallest absolute Gasteiger partial charge is 0.262 e. The van der Waals surface area contributed by atoms with E-state index >= 15 is 0 Å². The van der Waals surface area contributed by atoms with E-state index < -0.39 is 0 Å². The molecule has 8 heteroatoms. The van der Waals surface area contributed by atoms with Crippen molar-refractivity contribution in [1.29, 1.82) is 0 Å². The van der Waals surface area contributed by atoms with Crippen LogP contribution in [-0.4, -0.2) is 54.2 Å². The Kier molecular flexibility index (Phi) is 7.67. The second kappa shape index (κ2) is 10.1. The molecule has 0 unspecified atom stereocenters. The van der Waals surface area contributed by atoms with Gasteiger partial charge in [-0.2, -0.15) is 5.10 Å². The van der Waals surface area contributed by atoms with Crippen molar-refractivity contribution in [2.24, 2.45) is 10.5 Å². The first kappa shape index (κ1) is 23.6. The zero-order valence-electron chi connectivity index (χ0n) is 18.9. The van der Waals surface area contributed by atoms with Crippen LogP contribution in [0.15, 0.2) is 34.1 Å². The number of hydrogen-bond acceptors (Lipinski definition) is 6. The highest BCUT2D eigenvalue weighted by Crippen LogP contribution is 2.38. The van der Waals surface area contributed by atoms with Crippen LogP contribution in [0.5, 0.6) is 0 Å². The van der Waals surface area contributed by atoms with E-state index in [2.05, 4.69) is 13.0 Å². The van der Waals surface area contributed by atoms with Crippen molar-refractivity contribution >= 4 is 40.2 Å². The van der Waals surface area contributed by atoms with Crippen molar-refractivity contribution in [3.63, 3.8) is 0 Å². The average molecular weight is 462 g/mol. The number of thiophene rings is 2. The third-order valence-corrected chi connectivity index (χ3v) is 7.14. The van der Waals surface area contributed by atoms with Crippen LogP contribution in [0, 0.1) is 12.3 Å². The van der Waals surface area contributed by atoms with Crippen molar-refractivity contribution in [1.82, 2.24) is 9.91 Å². The minimum Gasteiger partial charge on any atom is -0.383 e. The summed E-state index contributed by atoms with van der Waals surface area (Å²) in [5, 5.41) is 10.4. The number of rotatable bonds is 8. The highest BCUT2D eigenvalue weighted by molar-refractivity contribution is 7.12. The lowest BCUT2D eigenvalue weighted by Gasteiger charge is -2.28.